The SMILES string of the molecule is CCC(OC(=O)c1ccc([NH2+]O)cc1)(/C(N)=C/N(N)Cc1ccn2c(-c3ccc(OC)nc3)c(C(N)=O)c(C(=O)C(F)(F)F)c2c1)C(F)(F)F. The largest absolute Gasteiger partial charge is 0.481 e. The van der Waals surface area contributed by atoms with Crippen molar-refractivity contribution in [2.24, 2.45) is 17.3 Å². The molecule has 266 valence electrons. The van der Waals surface area contributed by atoms with Crippen molar-refractivity contribution in [2.45, 2.75) is 37.8 Å². The number of nitrogens with zero attached hydrogens (tertiary/aromatic N) is 3. The summed E-state index contributed by atoms with van der Waals surface area (Å²) in [5, 5.41) is 9.73. The van der Waals surface area contributed by atoms with Crippen molar-refractivity contribution in [3.8, 4) is 17.1 Å². The highest BCUT2D eigenvalue weighted by Gasteiger charge is 2.59. The number of fused-ring (bicyclic) bond motifs is 1. The molecule has 0 aliphatic carbocycles. The lowest BCUT2D eigenvalue weighted by molar-refractivity contribution is -0.825. The van der Waals surface area contributed by atoms with Crippen LogP contribution in [-0.2, 0) is 11.3 Å². The number of pyridine rings is 2. The molecule has 0 spiro atoms. The molecule has 0 saturated carbocycles. The average Bonchev–Trinajstić information content (AvgIpc) is 3.40. The van der Waals surface area contributed by atoms with E-state index in [1.54, 1.807) is 0 Å². The summed E-state index contributed by atoms with van der Waals surface area (Å²) in [5.41, 5.74) is 5.39. The summed E-state index contributed by atoms with van der Waals surface area (Å²) in [4.78, 5) is 42.0. The number of Topliss-reactive ketones (excluding diaryl/α,β-unsaturated/α-hetero) is 1. The average molecular weight is 711 g/mol. The Kier molecular flexibility index (Phi) is 10.4. The Bertz CT molecular complexity index is 1940. The molecule has 0 saturated heterocycles. The van der Waals surface area contributed by atoms with Crippen molar-refractivity contribution in [3.05, 3.63) is 95.1 Å². The number of rotatable bonds is 12. The van der Waals surface area contributed by atoms with Crippen molar-refractivity contribution in [2.75, 3.05) is 7.11 Å². The number of alkyl halides is 6. The van der Waals surface area contributed by atoms with Gasteiger partial charge in [-0.3, -0.25) is 9.59 Å². The molecular formula is C31H30F6N7O6+. The Hall–Kier alpha value is -5.66. The van der Waals surface area contributed by atoms with E-state index in [1.807, 2.05) is 0 Å². The summed E-state index contributed by atoms with van der Waals surface area (Å²) in [6.07, 6.45) is -8.52. The van der Waals surface area contributed by atoms with Gasteiger partial charge in [-0.05, 0) is 42.3 Å². The van der Waals surface area contributed by atoms with Gasteiger partial charge in [0.1, 0.15) is 0 Å². The zero-order chi connectivity index (χ0) is 37.2. The number of halogens is 6. The number of amides is 1. The highest BCUT2D eigenvalue weighted by atomic mass is 19.4. The molecule has 19 heteroatoms. The molecule has 1 aromatic carbocycles. The van der Waals surface area contributed by atoms with Gasteiger partial charge in [0, 0.05) is 42.4 Å². The quantitative estimate of drug-likeness (QED) is 0.0362. The molecule has 13 nitrogen and oxygen atoms in total. The van der Waals surface area contributed by atoms with Gasteiger partial charge in [0.05, 0.1) is 47.3 Å². The van der Waals surface area contributed by atoms with Crippen LogP contribution in [-0.4, -0.2) is 62.3 Å². The minimum absolute atomic E-state index is 0.0556. The van der Waals surface area contributed by atoms with Crippen molar-refractivity contribution in [3.63, 3.8) is 0 Å². The molecule has 4 rings (SSSR count). The van der Waals surface area contributed by atoms with Gasteiger partial charge in [-0.25, -0.2) is 20.8 Å². The number of primary amides is 1. The van der Waals surface area contributed by atoms with E-state index in [0.29, 0.717) is 11.2 Å². The number of carbonyl (C=O) groups excluding carboxylic acids is 3. The first-order valence-electron chi connectivity index (χ1n) is 14.3. The van der Waals surface area contributed by atoms with Gasteiger partial charge in [-0.15, -0.1) is 0 Å². The summed E-state index contributed by atoms with van der Waals surface area (Å²) in [6.45, 7) is 0.566. The number of hydrogen-bond acceptors (Lipinski definition) is 10. The van der Waals surface area contributed by atoms with E-state index in [1.165, 1.54) is 49.8 Å². The number of carbonyl (C=O) groups is 3. The zero-order valence-electron chi connectivity index (χ0n) is 26.2. The molecule has 0 fully saturated rings. The van der Waals surface area contributed by atoms with Gasteiger partial charge in [0.15, 0.2) is 5.69 Å². The fourth-order valence-electron chi connectivity index (χ4n) is 5.15. The highest BCUT2D eigenvalue weighted by molar-refractivity contribution is 6.17. The smallest absolute Gasteiger partial charge is 0.454 e. The minimum Gasteiger partial charge on any atom is -0.481 e. The topological polar surface area (TPSA) is 205 Å². The Labute approximate surface area is 278 Å². The number of quaternary nitrogens is 1. The van der Waals surface area contributed by atoms with Crippen molar-refractivity contribution < 1.29 is 60.9 Å². The van der Waals surface area contributed by atoms with Crippen LogP contribution in [0, 0.1) is 0 Å². The number of methoxy groups -OCH3 is 1. The Morgan fingerprint density at radius 1 is 1.02 bits per heavy atom. The zero-order valence-corrected chi connectivity index (χ0v) is 26.2. The van der Waals surface area contributed by atoms with E-state index in [-0.39, 0.29) is 34.0 Å². The van der Waals surface area contributed by atoms with Crippen molar-refractivity contribution in [1.82, 2.24) is 14.4 Å². The number of hydrazine groups is 1. The Morgan fingerprint density at radius 2 is 1.68 bits per heavy atom. The third-order valence-electron chi connectivity index (χ3n) is 7.61. The van der Waals surface area contributed by atoms with Gasteiger partial charge >= 0.3 is 18.3 Å². The van der Waals surface area contributed by atoms with Crippen LogP contribution in [0.15, 0.2) is 72.8 Å². The lowest BCUT2D eigenvalue weighted by atomic mass is 9.95. The Balaban J connectivity index is 1.77. The molecule has 9 N–H and O–H groups in total. The predicted molar refractivity (Wildman–Crippen MR) is 162 cm³/mol. The van der Waals surface area contributed by atoms with Gasteiger partial charge in [0.25, 0.3) is 11.7 Å². The molecule has 1 unspecified atom stereocenters. The first kappa shape index (κ1) is 37.2. The van der Waals surface area contributed by atoms with Crippen LogP contribution in [0.25, 0.3) is 16.8 Å². The number of aromatic nitrogens is 2. The number of esters is 1. The molecule has 4 aromatic rings. The summed E-state index contributed by atoms with van der Waals surface area (Å²) in [7, 11) is 1.32. The minimum atomic E-state index is -5.44. The number of hydrogen-bond donors (Lipinski definition) is 5. The maximum Gasteiger partial charge on any atom is 0.454 e. The lowest BCUT2D eigenvalue weighted by Crippen LogP contribution is -2.73. The molecule has 1 amide bonds. The van der Waals surface area contributed by atoms with Gasteiger partial charge in [-0.1, -0.05) is 6.92 Å². The van der Waals surface area contributed by atoms with Crippen LogP contribution < -0.4 is 27.5 Å². The second-order valence-corrected chi connectivity index (χ2v) is 10.7. The number of ketones is 1. The van der Waals surface area contributed by atoms with Gasteiger partial charge in [-0.2, -0.15) is 31.8 Å². The van der Waals surface area contributed by atoms with E-state index in [9.17, 15) is 40.7 Å². The van der Waals surface area contributed by atoms with E-state index in [2.05, 4.69) is 4.98 Å². The summed E-state index contributed by atoms with van der Waals surface area (Å²) in [6, 6.07) is 9.91. The van der Waals surface area contributed by atoms with E-state index in [0.717, 1.165) is 35.0 Å². The van der Waals surface area contributed by atoms with Crippen molar-refractivity contribution >= 4 is 28.9 Å². The summed E-state index contributed by atoms with van der Waals surface area (Å²) >= 11 is 0. The summed E-state index contributed by atoms with van der Waals surface area (Å²) in [5.74, 6) is 0.997. The molecule has 3 heterocycles. The summed E-state index contributed by atoms with van der Waals surface area (Å²) < 4.78 is 96.0. The number of ether oxygens (including phenoxy) is 2. The number of nitrogens with two attached hydrogens (primary N) is 4. The van der Waals surface area contributed by atoms with Crippen molar-refractivity contribution in [1.29, 1.82) is 0 Å². The third kappa shape index (κ3) is 7.19. The maximum absolute atomic E-state index is 14.5. The standard InChI is InChI=1S/C31H29F6N7O6/c1-3-29(31(35,36)37,50-28(47)17-4-7-19(42-48)8-5-17)21(38)15-43(40)14-16-10-11-44-20(12-16)23(26(45)30(32,33)34)24(27(39)46)25(44)18-6-9-22(49-2)41-13-18/h4-13,15,42,48H,3,14,38,40H2,1-2H3,(H2,39,46)/p+1/b21-15-. The second kappa shape index (κ2) is 14.1. The molecule has 1 atom stereocenters. The molecular weight excluding hydrogens is 680 g/mol. The normalized spacial score (nSPS) is 13.5. The van der Waals surface area contributed by atoms with Gasteiger partial charge in [0.2, 0.25) is 11.5 Å². The first-order chi connectivity index (χ1) is 23.4. The van der Waals surface area contributed by atoms with Crippen LogP contribution in [0.5, 0.6) is 5.88 Å². The molecule has 0 bridgehead atoms. The third-order valence-corrected chi connectivity index (χ3v) is 7.61. The highest BCUT2D eigenvalue weighted by Crippen LogP contribution is 2.41. The monoisotopic (exact) mass is 710 g/mol. The molecule has 3 aromatic heterocycles. The Morgan fingerprint density at radius 3 is 2.18 bits per heavy atom. The molecule has 0 aliphatic heterocycles. The molecule has 0 aliphatic rings. The molecule has 0 radical (unpaired) electrons. The van der Waals surface area contributed by atoms with E-state index >= 15 is 0 Å². The van der Waals surface area contributed by atoms with Crippen LogP contribution in [0.2, 0.25) is 0 Å². The lowest BCUT2D eigenvalue weighted by Gasteiger charge is -2.35. The predicted octanol–water partition coefficient (Wildman–Crippen LogP) is 3.48. The second-order valence-electron chi connectivity index (χ2n) is 10.7. The number of benzene rings is 1. The maximum atomic E-state index is 14.5. The molecule has 50 heavy (non-hydrogen) atoms. The van der Waals surface area contributed by atoms with E-state index < -0.39 is 70.9 Å². The van der Waals surface area contributed by atoms with Crippen LogP contribution in [0.1, 0.15) is 50.0 Å². The fraction of sp³-hybridized carbons (Fsp3) is 0.226. The van der Waals surface area contributed by atoms with Crippen LogP contribution in [0.4, 0.5) is 32.0 Å². The first-order valence-corrected chi connectivity index (χ1v) is 14.3. The fourth-order valence-corrected chi connectivity index (χ4v) is 5.15. The van der Waals surface area contributed by atoms with Crippen LogP contribution >= 0.6 is 0 Å². The van der Waals surface area contributed by atoms with Gasteiger partial charge < -0.3 is 30.4 Å². The van der Waals surface area contributed by atoms with E-state index in [4.69, 9.17) is 32.0 Å². The van der Waals surface area contributed by atoms with Crippen LogP contribution in [0.3, 0.4) is 0 Å².